The lowest BCUT2D eigenvalue weighted by Gasteiger charge is -2.23. The van der Waals surface area contributed by atoms with Crippen molar-refractivity contribution in [2.75, 3.05) is 26.2 Å². The van der Waals surface area contributed by atoms with Crippen molar-refractivity contribution in [3.05, 3.63) is 93.7 Å². The molecule has 4 rings (SSSR count). The van der Waals surface area contributed by atoms with E-state index in [1.54, 1.807) is 46.8 Å². The summed E-state index contributed by atoms with van der Waals surface area (Å²) in [6.07, 6.45) is 6.44. The lowest BCUT2D eigenvalue weighted by Crippen LogP contribution is -2.26. The topological polar surface area (TPSA) is 121 Å². The van der Waals surface area contributed by atoms with Gasteiger partial charge in [-0.15, -0.1) is 11.3 Å². The van der Waals surface area contributed by atoms with Crippen LogP contribution in [0.3, 0.4) is 0 Å². The molecule has 0 N–H and O–H groups in total. The smallest absolute Gasteiger partial charge is 0.355 e. The average Bonchev–Trinajstić information content (AvgIpc) is 3.32. The summed E-state index contributed by atoms with van der Waals surface area (Å²) >= 11 is 1.36. The molecule has 0 aliphatic carbocycles. The van der Waals surface area contributed by atoms with E-state index < -0.39 is 16.9 Å². The van der Waals surface area contributed by atoms with Crippen molar-refractivity contribution < 1.29 is 28.7 Å². The Balaban J connectivity index is 1.74. The van der Waals surface area contributed by atoms with Crippen LogP contribution >= 0.6 is 11.3 Å². The van der Waals surface area contributed by atoms with Crippen LogP contribution in [-0.4, -0.2) is 43.2 Å². The van der Waals surface area contributed by atoms with Gasteiger partial charge in [0.15, 0.2) is 5.75 Å². The van der Waals surface area contributed by atoms with Gasteiger partial charge in [0.1, 0.15) is 10.7 Å². The van der Waals surface area contributed by atoms with Gasteiger partial charge in [-0.05, 0) is 36.4 Å². The van der Waals surface area contributed by atoms with E-state index in [1.165, 1.54) is 50.9 Å². The molecule has 1 aromatic heterocycles. The average molecular weight is 520 g/mol. The summed E-state index contributed by atoms with van der Waals surface area (Å²) in [5, 5.41) is 13.9. The minimum atomic E-state index is -0.709. The molecule has 37 heavy (non-hydrogen) atoms. The van der Waals surface area contributed by atoms with Crippen molar-refractivity contribution in [3.63, 3.8) is 0 Å². The quantitative estimate of drug-likeness (QED) is 0.244. The first kappa shape index (κ1) is 25.3. The molecule has 0 radical (unpaired) electrons. The Bertz CT molecular complexity index is 1470. The van der Waals surface area contributed by atoms with Gasteiger partial charge in [0.2, 0.25) is 0 Å². The molecule has 1 aliphatic heterocycles. The Hall–Kier alpha value is -4.77. The molecule has 2 aromatic carbocycles. The predicted octanol–water partition coefficient (Wildman–Crippen LogP) is 4.88. The predicted molar refractivity (Wildman–Crippen MR) is 138 cm³/mol. The molecular weight excluding hydrogens is 498 g/mol. The van der Waals surface area contributed by atoms with Gasteiger partial charge in [0, 0.05) is 34.5 Å². The summed E-state index contributed by atoms with van der Waals surface area (Å²) in [6.45, 7) is 0. The van der Waals surface area contributed by atoms with Crippen molar-refractivity contribution in [2.45, 2.75) is 0 Å². The van der Waals surface area contributed by atoms with E-state index in [2.05, 4.69) is 4.98 Å². The zero-order valence-electron chi connectivity index (χ0n) is 20.0. The molecule has 10 nitrogen and oxygen atoms in total. The van der Waals surface area contributed by atoms with Gasteiger partial charge >= 0.3 is 17.6 Å². The van der Waals surface area contributed by atoms with Crippen LogP contribution in [0.1, 0.15) is 0 Å². The highest BCUT2D eigenvalue weighted by Crippen LogP contribution is 2.36. The van der Waals surface area contributed by atoms with Gasteiger partial charge in [0.05, 0.1) is 37.5 Å². The van der Waals surface area contributed by atoms with Crippen molar-refractivity contribution in [3.8, 4) is 27.6 Å². The summed E-state index contributed by atoms with van der Waals surface area (Å²) in [5.74, 6) is -1.23. The Morgan fingerprint density at radius 1 is 1.00 bits per heavy atom. The highest BCUT2D eigenvalue weighted by molar-refractivity contribution is 7.13. The van der Waals surface area contributed by atoms with E-state index in [0.717, 1.165) is 5.56 Å². The second kappa shape index (κ2) is 10.9. The number of rotatable bonds is 7. The van der Waals surface area contributed by atoms with Gasteiger partial charge in [-0.1, -0.05) is 18.2 Å². The van der Waals surface area contributed by atoms with E-state index in [4.69, 9.17) is 14.2 Å². The first-order valence-corrected chi connectivity index (χ1v) is 11.7. The van der Waals surface area contributed by atoms with Crippen molar-refractivity contribution in [2.24, 2.45) is 0 Å². The number of ether oxygens (including phenoxy) is 3. The molecule has 0 unspecified atom stereocenters. The molecule has 0 saturated heterocycles. The van der Waals surface area contributed by atoms with Crippen LogP contribution in [0.4, 0.5) is 11.4 Å². The van der Waals surface area contributed by atoms with E-state index in [-0.39, 0.29) is 22.7 Å². The molecule has 0 saturated carbocycles. The second-order valence-electron chi connectivity index (χ2n) is 7.55. The Labute approximate surface area is 215 Å². The molecule has 2 heterocycles. The van der Waals surface area contributed by atoms with Crippen LogP contribution in [0.2, 0.25) is 0 Å². The largest absolute Gasteiger partial charge is 0.490 e. The lowest BCUT2D eigenvalue weighted by molar-refractivity contribution is -0.385. The maximum Gasteiger partial charge on any atom is 0.355 e. The minimum absolute atomic E-state index is 0.00173. The second-order valence-corrected chi connectivity index (χ2v) is 8.41. The number of thiazole rings is 1. The summed E-state index contributed by atoms with van der Waals surface area (Å²) in [5.41, 5.74) is 2.36. The Kier molecular flexibility index (Phi) is 7.44. The van der Waals surface area contributed by atoms with Crippen LogP contribution in [0, 0.1) is 10.1 Å². The molecule has 188 valence electrons. The lowest BCUT2D eigenvalue weighted by atomic mass is 10.1. The SMILES string of the molecule is COC(=O)C1=C(C(=O)OC)N(c2cccc(-c3nc(-c4ccc(OC)c([N+](=O)[O-])c4)cs3)c2)C=CC=C1. The minimum Gasteiger partial charge on any atom is -0.490 e. The number of nitro groups is 1. The molecule has 0 atom stereocenters. The molecule has 0 fully saturated rings. The maximum atomic E-state index is 12.7. The first-order chi connectivity index (χ1) is 17.9. The summed E-state index contributed by atoms with van der Waals surface area (Å²) in [7, 11) is 3.84. The standard InChI is InChI=1S/C26H21N3O7S/c1-34-22-11-10-16(14-21(22)29(32)33)20-15-37-24(27-20)17-7-6-8-18(13-17)28-12-5-4-9-19(25(30)35-2)23(28)26(31)36-3/h4-15H,1-3H3. The third-order valence-corrected chi connectivity index (χ3v) is 6.33. The number of aromatic nitrogens is 1. The number of nitrogens with zero attached hydrogens (tertiary/aromatic N) is 3. The molecule has 11 heteroatoms. The van der Waals surface area contributed by atoms with Gasteiger partial charge in [-0.2, -0.15) is 0 Å². The van der Waals surface area contributed by atoms with Crippen molar-refractivity contribution >= 4 is 34.7 Å². The number of nitro benzene ring substituents is 1. The monoisotopic (exact) mass is 519 g/mol. The number of esters is 2. The molecule has 3 aromatic rings. The van der Waals surface area contributed by atoms with Crippen LogP contribution < -0.4 is 9.64 Å². The van der Waals surface area contributed by atoms with Crippen LogP contribution in [-0.2, 0) is 19.1 Å². The number of methoxy groups -OCH3 is 3. The molecular formula is C26H21N3O7S. The fourth-order valence-corrected chi connectivity index (χ4v) is 4.51. The third kappa shape index (κ3) is 5.11. The van der Waals surface area contributed by atoms with Gasteiger partial charge < -0.3 is 19.1 Å². The summed E-state index contributed by atoms with van der Waals surface area (Å²) in [4.78, 5) is 42.2. The molecule has 1 aliphatic rings. The summed E-state index contributed by atoms with van der Waals surface area (Å²) in [6, 6.07) is 11.9. The Morgan fingerprint density at radius 2 is 1.78 bits per heavy atom. The van der Waals surface area contributed by atoms with Gasteiger partial charge in [0.25, 0.3) is 0 Å². The highest BCUT2D eigenvalue weighted by atomic mass is 32.1. The molecule has 0 bridgehead atoms. The fourth-order valence-electron chi connectivity index (χ4n) is 3.69. The number of benzene rings is 2. The van der Waals surface area contributed by atoms with E-state index in [1.807, 2.05) is 12.1 Å². The highest BCUT2D eigenvalue weighted by Gasteiger charge is 2.27. The van der Waals surface area contributed by atoms with Crippen LogP contribution in [0.15, 0.2) is 83.5 Å². The number of hydrogen-bond acceptors (Lipinski definition) is 10. The zero-order chi connectivity index (χ0) is 26.5. The number of hydrogen-bond donors (Lipinski definition) is 0. The summed E-state index contributed by atoms with van der Waals surface area (Å²) < 4.78 is 14.9. The number of allylic oxidation sites excluding steroid dienone is 2. The third-order valence-electron chi connectivity index (χ3n) is 5.44. The molecule has 0 spiro atoms. The van der Waals surface area contributed by atoms with Gasteiger partial charge in [-0.3, -0.25) is 10.1 Å². The number of anilines is 1. The molecule has 0 amide bonds. The van der Waals surface area contributed by atoms with E-state index >= 15 is 0 Å². The maximum absolute atomic E-state index is 12.7. The normalized spacial score (nSPS) is 12.8. The van der Waals surface area contributed by atoms with E-state index in [0.29, 0.717) is 22.0 Å². The first-order valence-electron chi connectivity index (χ1n) is 10.8. The Morgan fingerprint density at radius 3 is 2.49 bits per heavy atom. The van der Waals surface area contributed by atoms with E-state index in [9.17, 15) is 19.7 Å². The number of carbonyl (C=O) groups excluding carboxylic acids is 2. The fraction of sp³-hybridized carbons (Fsp3) is 0.115. The van der Waals surface area contributed by atoms with Crippen LogP contribution in [0.5, 0.6) is 5.75 Å². The van der Waals surface area contributed by atoms with Crippen molar-refractivity contribution in [1.82, 2.24) is 4.98 Å². The van der Waals surface area contributed by atoms with Gasteiger partial charge in [-0.25, -0.2) is 14.6 Å². The zero-order valence-corrected chi connectivity index (χ0v) is 20.9. The van der Waals surface area contributed by atoms with Crippen LogP contribution in [0.25, 0.3) is 21.8 Å². The van der Waals surface area contributed by atoms with Crippen molar-refractivity contribution in [1.29, 1.82) is 0 Å². The number of carbonyl (C=O) groups is 2.